The zero-order chi connectivity index (χ0) is 13.8. The fourth-order valence-electron chi connectivity index (χ4n) is 2.13. The van der Waals surface area contributed by atoms with Gasteiger partial charge in [-0.15, -0.1) is 11.3 Å². The van der Waals surface area contributed by atoms with Gasteiger partial charge in [-0.2, -0.15) is 0 Å². The Morgan fingerprint density at radius 1 is 1.37 bits per heavy atom. The second kappa shape index (κ2) is 6.48. The number of hydrogen-bond acceptors (Lipinski definition) is 4. The predicted molar refractivity (Wildman–Crippen MR) is 78.6 cm³/mol. The normalized spacial score (nSPS) is 17.2. The Hall–Kier alpha value is -0.940. The number of aryl methyl sites for hydroxylation is 1. The van der Waals surface area contributed by atoms with Crippen molar-refractivity contribution >= 4 is 17.2 Å². The van der Waals surface area contributed by atoms with Gasteiger partial charge in [0, 0.05) is 44.4 Å². The quantitative estimate of drug-likeness (QED) is 0.846. The molecule has 4 nitrogen and oxygen atoms in total. The van der Waals surface area contributed by atoms with Gasteiger partial charge in [-0.1, -0.05) is 13.8 Å². The first-order valence-electron chi connectivity index (χ1n) is 6.97. The van der Waals surface area contributed by atoms with E-state index in [9.17, 15) is 4.79 Å². The van der Waals surface area contributed by atoms with Gasteiger partial charge in [-0.3, -0.25) is 4.79 Å². The summed E-state index contributed by atoms with van der Waals surface area (Å²) < 4.78 is 0. The molecule has 1 saturated heterocycles. The Balaban J connectivity index is 1.79. The summed E-state index contributed by atoms with van der Waals surface area (Å²) in [6, 6.07) is 0. The van der Waals surface area contributed by atoms with Crippen molar-refractivity contribution in [1.29, 1.82) is 0 Å². The number of hydrogen-bond donors (Lipinski definition) is 0. The first-order valence-corrected chi connectivity index (χ1v) is 7.85. The summed E-state index contributed by atoms with van der Waals surface area (Å²) in [6.45, 7) is 8.00. The highest BCUT2D eigenvalue weighted by Crippen LogP contribution is 2.19. The number of amides is 1. The van der Waals surface area contributed by atoms with E-state index in [2.05, 4.69) is 36.2 Å². The Labute approximate surface area is 119 Å². The molecule has 1 aromatic heterocycles. The van der Waals surface area contributed by atoms with E-state index >= 15 is 0 Å². The van der Waals surface area contributed by atoms with Gasteiger partial charge >= 0.3 is 0 Å². The summed E-state index contributed by atoms with van der Waals surface area (Å²) in [5.74, 6) is 0.743. The highest BCUT2D eigenvalue weighted by Gasteiger charge is 2.19. The van der Waals surface area contributed by atoms with Crippen LogP contribution < -0.4 is 0 Å². The van der Waals surface area contributed by atoms with E-state index in [1.165, 1.54) is 0 Å². The monoisotopic (exact) mass is 281 g/mol. The molecular weight excluding hydrogens is 258 g/mol. The average molecular weight is 281 g/mol. The molecule has 0 aromatic carbocycles. The van der Waals surface area contributed by atoms with Gasteiger partial charge in [-0.25, -0.2) is 4.98 Å². The SMILES string of the molecule is CC(C)c1csc(CCC(=O)N2CCN(C)CC2)n1. The second-order valence-electron chi connectivity index (χ2n) is 5.50. The van der Waals surface area contributed by atoms with Crippen LogP contribution in [0.2, 0.25) is 0 Å². The van der Waals surface area contributed by atoms with Crippen LogP contribution in [0.15, 0.2) is 5.38 Å². The third-order valence-electron chi connectivity index (χ3n) is 3.57. The van der Waals surface area contributed by atoms with Gasteiger partial charge in [0.25, 0.3) is 0 Å². The molecule has 2 heterocycles. The van der Waals surface area contributed by atoms with E-state index in [1.807, 2.05) is 4.90 Å². The molecule has 0 bridgehead atoms. The second-order valence-corrected chi connectivity index (χ2v) is 6.45. The maximum atomic E-state index is 12.1. The van der Waals surface area contributed by atoms with Gasteiger partial charge in [0.15, 0.2) is 0 Å². The van der Waals surface area contributed by atoms with E-state index < -0.39 is 0 Å². The van der Waals surface area contributed by atoms with Crippen LogP contribution in [0.4, 0.5) is 0 Å². The van der Waals surface area contributed by atoms with E-state index in [1.54, 1.807) is 11.3 Å². The van der Waals surface area contributed by atoms with Crippen molar-refractivity contribution in [3.05, 3.63) is 16.1 Å². The number of piperazine rings is 1. The Morgan fingerprint density at radius 2 is 2.05 bits per heavy atom. The number of rotatable bonds is 4. The van der Waals surface area contributed by atoms with Gasteiger partial charge in [0.05, 0.1) is 10.7 Å². The lowest BCUT2D eigenvalue weighted by Gasteiger charge is -2.32. The van der Waals surface area contributed by atoms with Crippen LogP contribution >= 0.6 is 11.3 Å². The van der Waals surface area contributed by atoms with Crippen molar-refractivity contribution in [2.75, 3.05) is 33.2 Å². The van der Waals surface area contributed by atoms with Crippen LogP contribution in [-0.4, -0.2) is 53.9 Å². The van der Waals surface area contributed by atoms with Crippen molar-refractivity contribution in [3.63, 3.8) is 0 Å². The summed E-state index contributed by atoms with van der Waals surface area (Å²) in [7, 11) is 2.10. The molecule has 0 N–H and O–H groups in total. The zero-order valence-electron chi connectivity index (χ0n) is 12.1. The third kappa shape index (κ3) is 4.01. The van der Waals surface area contributed by atoms with Crippen LogP contribution in [-0.2, 0) is 11.2 Å². The van der Waals surface area contributed by atoms with Gasteiger partial charge in [0.2, 0.25) is 5.91 Å². The number of likely N-dealkylation sites (N-methyl/N-ethyl adjacent to an activating group) is 1. The molecule has 1 aliphatic rings. The zero-order valence-corrected chi connectivity index (χ0v) is 12.9. The summed E-state index contributed by atoms with van der Waals surface area (Å²) in [4.78, 5) is 20.9. The molecule has 0 saturated carbocycles. The van der Waals surface area contributed by atoms with Crippen molar-refractivity contribution in [1.82, 2.24) is 14.8 Å². The lowest BCUT2D eigenvalue weighted by Crippen LogP contribution is -2.47. The Bertz CT molecular complexity index is 422. The van der Waals surface area contributed by atoms with Crippen LogP contribution in [0.3, 0.4) is 0 Å². The molecule has 1 amide bonds. The molecular formula is C14H23N3OS. The number of carbonyl (C=O) groups excluding carboxylic acids is 1. The predicted octanol–water partition coefficient (Wildman–Crippen LogP) is 1.97. The minimum atomic E-state index is 0.273. The largest absolute Gasteiger partial charge is 0.340 e. The smallest absolute Gasteiger partial charge is 0.223 e. The molecule has 106 valence electrons. The topological polar surface area (TPSA) is 36.4 Å². The van der Waals surface area contributed by atoms with Crippen molar-refractivity contribution in [3.8, 4) is 0 Å². The molecule has 0 unspecified atom stereocenters. The van der Waals surface area contributed by atoms with Crippen molar-refractivity contribution in [2.24, 2.45) is 0 Å². The molecule has 0 aliphatic carbocycles. The van der Waals surface area contributed by atoms with Gasteiger partial charge in [-0.05, 0) is 13.0 Å². The molecule has 5 heteroatoms. The number of aromatic nitrogens is 1. The van der Waals surface area contributed by atoms with E-state index in [0.717, 1.165) is 43.3 Å². The number of nitrogens with zero attached hydrogens (tertiary/aromatic N) is 3. The molecule has 1 fully saturated rings. The summed E-state index contributed by atoms with van der Waals surface area (Å²) >= 11 is 1.68. The van der Waals surface area contributed by atoms with E-state index in [4.69, 9.17) is 0 Å². The van der Waals surface area contributed by atoms with Gasteiger partial charge in [0.1, 0.15) is 0 Å². The maximum Gasteiger partial charge on any atom is 0.223 e. The van der Waals surface area contributed by atoms with Crippen molar-refractivity contribution < 1.29 is 4.79 Å². The average Bonchev–Trinajstić information content (AvgIpc) is 2.86. The van der Waals surface area contributed by atoms with Crippen LogP contribution in [0.25, 0.3) is 0 Å². The third-order valence-corrected chi connectivity index (χ3v) is 4.50. The molecule has 0 spiro atoms. The number of carbonyl (C=O) groups is 1. The van der Waals surface area contributed by atoms with Gasteiger partial charge < -0.3 is 9.80 Å². The highest BCUT2D eigenvalue weighted by molar-refractivity contribution is 7.09. The fraction of sp³-hybridized carbons (Fsp3) is 0.714. The summed E-state index contributed by atoms with van der Waals surface area (Å²) in [6.07, 6.45) is 1.37. The van der Waals surface area contributed by atoms with Crippen LogP contribution in [0, 0.1) is 0 Å². The summed E-state index contributed by atoms with van der Waals surface area (Å²) in [5.41, 5.74) is 1.15. The maximum absolute atomic E-state index is 12.1. The molecule has 1 aromatic rings. The van der Waals surface area contributed by atoms with E-state index in [-0.39, 0.29) is 5.91 Å². The lowest BCUT2D eigenvalue weighted by atomic mass is 10.2. The van der Waals surface area contributed by atoms with E-state index in [0.29, 0.717) is 12.3 Å². The minimum Gasteiger partial charge on any atom is -0.340 e. The molecule has 0 radical (unpaired) electrons. The fourth-order valence-corrected chi connectivity index (χ4v) is 3.09. The summed E-state index contributed by atoms with van der Waals surface area (Å²) in [5, 5.41) is 3.20. The lowest BCUT2D eigenvalue weighted by molar-refractivity contribution is -0.132. The highest BCUT2D eigenvalue weighted by atomic mass is 32.1. The van der Waals surface area contributed by atoms with Crippen molar-refractivity contribution in [2.45, 2.75) is 32.6 Å². The first-order chi connectivity index (χ1) is 9.06. The number of thiazole rings is 1. The molecule has 19 heavy (non-hydrogen) atoms. The molecule has 0 atom stereocenters. The molecule has 2 rings (SSSR count). The standard InChI is InChI=1S/C14H23N3OS/c1-11(2)12-10-19-13(15-12)4-5-14(18)17-8-6-16(3)7-9-17/h10-11H,4-9H2,1-3H3. The Kier molecular flexibility index (Phi) is 4.93. The molecule has 1 aliphatic heterocycles. The Morgan fingerprint density at radius 3 is 2.63 bits per heavy atom. The minimum absolute atomic E-state index is 0.273. The first kappa shape index (κ1) is 14.5. The van der Waals surface area contributed by atoms with Crippen LogP contribution in [0.5, 0.6) is 0 Å². The van der Waals surface area contributed by atoms with Crippen LogP contribution in [0.1, 0.15) is 36.9 Å².